The first-order chi connectivity index (χ1) is 16.2. The smallest absolute Gasteiger partial charge is 0.262 e. The van der Waals surface area contributed by atoms with Gasteiger partial charge < -0.3 is 24.8 Å². The van der Waals surface area contributed by atoms with E-state index in [9.17, 15) is 4.79 Å². The second kappa shape index (κ2) is 8.19. The van der Waals surface area contributed by atoms with Crippen LogP contribution in [0.3, 0.4) is 0 Å². The lowest BCUT2D eigenvalue weighted by Gasteiger charge is -2.20. The molecule has 33 heavy (non-hydrogen) atoms. The van der Waals surface area contributed by atoms with Crippen molar-refractivity contribution in [2.24, 2.45) is 17.8 Å². The third-order valence-corrected chi connectivity index (χ3v) is 7.06. The van der Waals surface area contributed by atoms with Crippen molar-refractivity contribution in [1.29, 1.82) is 0 Å². The summed E-state index contributed by atoms with van der Waals surface area (Å²) in [4.78, 5) is 20.4. The van der Waals surface area contributed by atoms with Gasteiger partial charge >= 0.3 is 0 Å². The van der Waals surface area contributed by atoms with Crippen LogP contribution in [0.25, 0.3) is 11.0 Å². The van der Waals surface area contributed by atoms with E-state index in [2.05, 4.69) is 26.7 Å². The quantitative estimate of drug-likeness (QED) is 0.576. The molecular weight excluding hydrogens is 420 g/mol. The largest absolute Gasteiger partial charge is 0.491 e. The average Bonchev–Trinajstić information content (AvgIpc) is 3.29. The van der Waals surface area contributed by atoms with E-state index >= 15 is 0 Å². The van der Waals surface area contributed by atoms with E-state index in [4.69, 9.17) is 14.2 Å². The Kier molecular flexibility index (Phi) is 5.02. The highest BCUT2D eigenvalue weighted by Crippen LogP contribution is 2.57. The molecule has 0 saturated heterocycles. The number of rotatable bonds is 7. The number of hydrogen-bond acceptors (Lipinski definition) is 7. The first-order valence-corrected chi connectivity index (χ1v) is 11.4. The fourth-order valence-corrected chi connectivity index (χ4v) is 5.29. The minimum atomic E-state index is -0.105. The second-order valence-electron chi connectivity index (χ2n) is 9.05. The van der Waals surface area contributed by atoms with Gasteiger partial charge in [0.2, 0.25) is 5.88 Å². The van der Waals surface area contributed by atoms with Gasteiger partial charge in [-0.25, -0.2) is 4.98 Å². The predicted molar refractivity (Wildman–Crippen MR) is 122 cm³/mol. The number of ether oxygens (including phenoxy) is 3. The van der Waals surface area contributed by atoms with Gasteiger partial charge in [0.05, 0.1) is 24.9 Å². The third-order valence-electron chi connectivity index (χ3n) is 7.06. The molecule has 3 aromatic rings. The third kappa shape index (κ3) is 3.95. The summed E-state index contributed by atoms with van der Waals surface area (Å²) in [6, 6.07) is 12.1. The number of anilines is 1. The molecule has 0 radical (unpaired) electrons. The van der Waals surface area contributed by atoms with E-state index in [1.807, 2.05) is 30.3 Å². The van der Waals surface area contributed by atoms with Crippen LogP contribution < -0.4 is 24.8 Å². The van der Waals surface area contributed by atoms with Crippen molar-refractivity contribution < 1.29 is 19.0 Å². The summed E-state index contributed by atoms with van der Waals surface area (Å²) in [5.74, 6) is 4.00. The molecular formula is C25H26N4O4. The van der Waals surface area contributed by atoms with Gasteiger partial charge in [-0.05, 0) is 54.4 Å². The van der Waals surface area contributed by atoms with Gasteiger partial charge in [-0.15, -0.1) is 0 Å². The van der Waals surface area contributed by atoms with Crippen LogP contribution in [-0.4, -0.2) is 42.2 Å². The molecule has 2 aromatic heterocycles. The number of nitrogens with zero attached hydrogens (tertiary/aromatic N) is 2. The zero-order valence-corrected chi connectivity index (χ0v) is 18.4. The molecule has 2 fully saturated rings. The summed E-state index contributed by atoms with van der Waals surface area (Å²) in [6.07, 6.45) is 4.11. The Hall–Kier alpha value is -3.39. The van der Waals surface area contributed by atoms with E-state index in [0.29, 0.717) is 36.3 Å². The summed E-state index contributed by atoms with van der Waals surface area (Å²) < 4.78 is 16.9. The maximum atomic E-state index is 11.5. The molecule has 2 N–H and O–H groups in total. The molecule has 8 nitrogen and oxygen atoms in total. The van der Waals surface area contributed by atoms with E-state index < -0.39 is 0 Å². The number of methoxy groups -OCH3 is 1. The fourth-order valence-electron chi connectivity index (χ4n) is 5.29. The number of pyridine rings is 2. The van der Waals surface area contributed by atoms with Crippen molar-refractivity contribution in [2.45, 2.75) is 25.4 Å². The highest BCUT2D eigenvalue weighted by molar-refractivity contribution is 5.95. The van der Waals surface area contributed by atoms with Gasteiger partial charge in [0.25, 0.3) is 5.91 Å². The van der Waals surface area contributed by atoms with Crippen LogP contribution in [0.15, 0.2) is 42.6 Å². The molecule has 2 unspecified atom stereocenters. The number of amides is 1. The number of carbonyl (C=O) groups is 1. The van der Waals surface area contributed by atoms with Crippen molar-refractivity contribution in [2.75, 3.05) is 25.6 Å². The second-order valence-corrected chi connectivity index (χ2v) is 9.05. The molecule has 1 aromatic carbocycles. The maximum absolute atomic E-state index is 11.5. The van der Waals surface area contributed by atoms with Crippen molar-refractivity contribution >= 4 is 22.6 Å². The number of nitrogens with one attached hydrogen (secondary N) is 2. The zero-order chi connectivity index (χ0) is 22.4. The van der Waals surface area contributed by atoms with Gasteiger partial charge in [-0.2, -0.15) is 0 Å². The molecule has 4 atom stereocenters. The van der Waals surface area contributed by atoms with Crippen LogP contribution >= 0.6 is 0 Å². The topological polar surface area (TPSA) is 94.6 Å². The predicted octanol–water partition coefficient (Wildman–Crippen LogP) is 3.16. The SMILES string of the molecule is COc1ccc2nccc(OCC3[C@H]4CC(NCc5ccc6c(c5)NC(=O)CO6)C[C@@H]34)c2n1. The van der Waals surface area contributed by atoms with Crippen LogP contribution in [-0.2, 0) is 11.3 Å². The Labute approximate surface area is 191 Å². The number of benzene rings is 1. The lowest BCUT2D eigenvalue weighted by molar-refractivity contribution is -0.118. The van der Waals surface area contributed by atoms with Crippen LogP contribution in [0, 0.1) is 17.8 Å². The van der Waals surface area contributed by atoms with E-state index in [1.54, 1.807) is 13.3 Å². The highest BCUT2D eigenvalue weighted by Gasteiger charge is 2.56. The average molecular weight is 447 g/mol. The minimum absolute atomic E-state index is 0.0857. The molecule has 170 valence electrons. The van der Waals surface area contributed by atoms with E-state index in [0.717, 1.165) is 40.3 Å². The molecule has 3 aliphatic rings. The van der Waals surface area contributed by atoms with Gasteiger partial charge in [-0.1, -0.05) is 6.07 Å². The molecule has 0 bridgehead atoms. The summed E-state index contributed by atoms with van der Waals surface area (Å²) in [5, 5.41) is 6.55. The highest BCUT2D eigenvalue weighted by atomic mass is 16.5. The number of fused-ring (bicyclic) bond motifs is 3. The van der Waals surface area contributed by atoms with Crippen LogP contribution in [0.1, 0.15) is 18.4 Å². The molecule has 8 heteroatoms. The lowest BCUT2D eigenvalue weighted by atomic mass is 10.1. The van der Waals surface area contributed by atoms with Crippen LogP contribution in [0.4, 0.5) is 5.69 Å². The number of hydrogen-bond donors (Lipinski definition) is 2. The standard InChI is InChI=1S/C25H26N4O4/c1-31-24-5-3-19-25(29-24)22(6-7-26-19)32-12-18-16-9-15(10-17(16)18)27-11-14-2-4-21-20(8-14)28-23(30)13-33-21/h2-8,15-18,27H,9-13H2,1H3,(H,28,30)/t15?,16-,17+,18?. The van der Waals surface area contributed by atoms with Gasteiger partial charge in [-0.3, -0.25) is 9.78 Å². The normalized spacial score (nSPS) is 25.1. The molecule has 2 saturated carbocycles. The van der Waals surface area contributed by atoms with E-state index in [-0.39, 0.29) is 12.5 Å². The van der Waals surface area contributed by atoms with Crippen molar-refractivity contribution in [3.05, 3.63) is 48.2 Å². The number of carbonyl (C=O) groups excluding carboxylic acids is 1. The zero-order valence-electron chi connectivity index (χ0n) is 18.4. The monoisotopic (exact) mass is 446 g/mol. The summed E-state index contributed by atoms with van der Waals surface area (Å²) in [6.45, 7) is 1.58. The molecule has 0 spiro atoms. The molecule has 3 heterocycles. The maximum Gasteiger partial charge on any atom is 0.262 e. The molecule has 6 rings (SSSR count). The van der Waals surface area contributed by atoms with Gasteiger partial charge in [0.1, 0.15) is 17.0 Å². The Balaban J connectivity index is 1.01. The lowest BCUT2D eigenvalue weighted by Crippen LogP contribution is -2.29. The molecule has 2 aliphatic carbocycles. The fraction of sp³-hybridized carbons (Fsp3) is 0.400. The van der Waals surface area contributed by atoms with Gasteiger partial charge in [0, 0.05) is 30.9 Å². The van der Waals surface area contributed by atoms with Crippen molar-refractivity contribution in [3.8, 4) is 17.4 Å². The summed E-state index contributed by atoms with van der Waals surface area (Å²) in [5.41, 5.74) is 3.45. The van der Waals surface area contributed by atoms with E-state index in [1.165, 1.54) is 12.8 Å². The molecule has 1 aliphatic heterocycles. The summed E-state index contributed by atoms with van der Waals surface area (Å²) >= 11 is 0. The van der Waals surface area contributed by atoms with Crippen molar-refractivity contribution in [3.63, 3.8) is 0 Å². The first-order valence-electron chi connectivity index (χ1n) is 11.4. The Morgan fingerprint density at radius 2 is 2.06 bits per heavy atom. The molecule has 1 amide bonds. The first kappa shape index (κ1) is 20.2. The van der Waals surface area contributed by atoms with Crippen LogP contribution in [0.5, 0.6) is 17.4 Å². The summed E-state index contributed by atoms with van der Waals surface area (Å²) in [7, 11) is 1.61. The van der Waals surface area contributed by atoms with Crippen LogP contribution in [0.2, 0.25) is 0 Å². The Morgan fingerprint density at radius 1 is 1.18 bits per heavy atom. The Bertz CT molecular complexity index is 1200. The Morgan fingerprint density at radius 3 is 2.91 bits per heavy atom. The minimum Gasteiger partial charge on any atom is -0.491 e. The number of aromatic nitrogens is 2. The van der Waals surface area contributed by atoms with Gasteiger partial charge in [0.15, 0.2) is 6.61 Å². The van der Waals surface area contributed by atoms with Crippen molar-refractivity contribution in [1.82, 2.24) is 15.3 Å².